The van der Waals surface area contributed by atoms with Gasteiger partial charge in [-0.15, -0.1) is 0 Å². The molecule has 2 aromatic heterocycles. The number of carboxylic acids is 1. The SMILES string of the molecule is CCCC(C)(NC(=O)c1cc(C)nc2c1cnn2C(C)C)C(=O)O. The van der Waals surface area contributed by atoms with Gasteiger partial charge in [0.2, 0.25) is 0 Å². The first-order valence-corrected chi connectivity index (χ1v) is 8.10. The maximum Gasteiger partial charge on any atom is 0.329 e. The van der Waals surface area contributed by atoms with Crippen LogP contribution in [-0.4, -0.2) is 37.3 Å². The zero-order chi connectivity index (χ0) is 18.1. The molecule has 0 aliphatic rings. The maximum absolute atomic E-state index is 12.7. The number of fused-ring (bicyclic) bond motifs is 1. The van der Waals surface area contributed by atoms with Crippen molar-refractivity contribution in [1.82, 2.24) is 20.1 Å². The van der Waals surface area contributed by atoms with Gasteiger partial charge in [0, 0.05) is 11.7 Å². The summed E-state index contributed by atoms with van der Waals surface area (Å²) in [6.45, 7) is 9.18. The van der Waals surface area contributed by atoms with Crippen LogP contribution in [0.3, 0.4) is 0 Å². The first kappa shape index (κ1) is 17.9. The molecule has 7 heteroatoms. The van der Waals surface area contributed by atoms with E-state index in [1.807, 2.05) is 20.8 Å². The third-order valence-corrected chi connectivity index (χ3v) is 4.04. The van der Waals surface area contributed by atoms with Gasteiger partial charge in [0.15, 0.2) is 5.65 Å². The smallest absolute Gasteiger partial charge is 0.329 e. The summed E-state index contributed by atoms with van der Waals surface area (Å²) < 4.78 is 1.75. The number of carboxylic acid groups (broad SMARTS) is 1. The van der Waals surface area contributed by atoms with E-state index in [9.17, 15) is 14.7 Å². The van der Waals surface area contributed by atoms with Crippen LogP contribution in [0.2, 0.25) is 0 Å². The third kappa shape index (κ3) is 3.25. The van der Waals surface area contributed by atoms with E-state index in [-0.39, 0.29) is 6.04 Å². The lowest BCUT2D eigenvalue weighted by atomic mass is 9.95. The van der Waals surface area contributed by atoms with Gasteiger partial charge in [-0.05, 0) is 40.2 Å². The first-order chi connectivity index (χ1) is 11.2. The van der Waals surface area contributed by atoms with Gasteiger partial charge in [0.25, 0.3) is 5.91 Å². The zero-order valence-electron chi connectivity index (χ0n) is 14.8. The average molecular weight is 332 g/mol. The van der Waals surface area contributed by atoms with Crippen molar-refractivity contribution in [3.8, 4) is 0 Å². The Morgan fingerprint density at radius 2 is 2.08 bits per heavy atom. The monoisotopic (exact) mass is 332 g/mol. The van der Waals surface area contributed by atoms with Crippen LogP contribution in [0.15, 0.2) is 12.3 Å². The molecule has 130 valence electrons. The van der Waals surface area contributed by atoms with Crippen molar-refractivity contribution in [1.29, 1.82) is 0 Å². The highest BCUT2D eigenvalue weighted by atomic mass is 16.4. The van der Waals surface area contributed by atoms with Crippen LogP contribution in [0.25, 0.3) is 11.0 Å². The van der Waals surface area contributed by atoms with Gasteiger partial charge in [-0.25, -0.2) is 14.5 Å². The van der Waals surface area contributed by atoms with Crippen LogP contribution >= 0.6 is 0 Å². The van der Waals surface area contributed by atoms with Crippen LogP contribution in [0, 0.1) is 6.92 Å². The summed E-state index contributed by atoms with van der Waals surface area (Å²) in [4.78, 5) is 28.8. The molecule has 1 unspecified atom stereocenters. The quantitative estimate of drug-likeness (QED) is 0.847. The van der Waals surface area contributed by atoms with Crippen molar-refractivity contribution in [3.05, 3.63) is 23.5 Å². The van der Waals surface area contributed by atoms with E-state index in [4.69, 9.17) is 0 Å². The Labute approximate surface area is 141 Å². The molecule has 2 heterocycles. The second-order valence-electron chi connectivity index (χ2n) is 6.57. The molecule has 0 aliphatic heterocycles. The van der Waals surface area contributed by atoms with Crippen molar-refractivity contribution in [2.45, 2.75) is 59.0 Å². The molecule has 0 saturated carbocycles. The number of aliphatic carboxylic acids is 1. The molecular weight excluding hydrogens is 308 g/mol. The molecule has 7 nitrogen and oxygen atoms in total. The van der Waals surface area contributed by atoms with E-state index in [1.54, 1.807) is 23.9 Å². The summed E-state index contributed by atoms with van der Waals surface area (Å²) in [5.74, 6) is -1.47. The number of rotatable bonds is 6. The molecular formula is C17H24N4O3. The van der Waals surface area contributed by atoms with Crippen molar-refractivity contribution < 1.29 is 14.7 Å². The molecule has 0 saturated heterocycles. The van der Waals surface area contributed by atoms with Gasteiger partial charge in [0.05, 0.1) is 17.1 Å². The van der Waals surface area contributed by atoms with Gasteiger partial charge < -0.3 is 10.4 Å². The van der Waals surface area contributed by atoms with Gasteiger partial charge in [-0.3, -0.25) is 4.79 Å². The lowest BCUT2D eigenvalue weighted by Gasteiger charge is -2.26. The zero-order valence-corrected chi connectivity index (χ0v) is 14.8. The fourth-order valence-corrected chi connectivity index (χ4v) is 2.75. The van der Waals surface area contributed by atoms with E-state index in [0.29, 0.717) is 35.1 Å². The molecule has 1 amide bonds. The molecule has 0 spiro atoms. The number of amides is 1. The summed E-state index contributed by atoms with van der Waals surface area (Å²) >= 11 is 0. The van der Waals surface area contributed by atoms with Gasteiger partial charge >= 0.3 is 5.97 Å². The Morgan fingerprint density at radius 3 is 2.62 bits per heavy atom. The number of nitrogens with one attached hydrogen (secondary N) is 1. The van der Waals surface area contributed by atoms with E-state index in [2.05, 4.69) is 15.4 Å². The van der Waals surface area contributed by atoms with E-state index < -0.39 is 17.4 Å². The van der Waals surface area contributed by atoms with Crippen molar-refractivity contribution in [2.24, 2.45) is 0 Å². The molecule has 0 radical (unpaired) electrons. The summed E-state index contributed by atoms with van der Waals surface area (Å²) in [7, 11) is 0. The number of carbonyl (C=O) groups is 2. The minimum atomic E-state index is -1.30. The highest BCUT2D eigenvalue weighted by molar-refractivity contribution is 6.07. The van der Waals surface area contributed by atoms with Crippen molar-refractivity contribution in [3.63, 3.8) is 0 Å². The fraction of sp³-hybridized carbons (Fsp3) is 0.529. The van der Waals surface area contributed by atoms with Crippen molar-refractivity contribution >= 4 is 22.9 Å². The normalized spacial score (nSPS) is 13.9. The van der Waals surface area contributed by atoms with E-state index >= 15 is 0 Å². The average Bonchev–Trinajstić information content (AvgIpc) is 2.89. The number of pyridine rings is 1. The highest BCUT2D eigenvalue weighted by Gasteiger charge is 2.34. The second kappa shape index (κ2) is 6.59. The lowest BCUT2D eigenvalue weighted by molar-refractivity contribution is -0.144. The number of carbonyl (C=O) groups excluding carboxylic acids is 1. The van der Waals surface area contributed by atoms with Crippen LogP contribution in [0.5, 0.6) is 0 Å². The molecule has 1 atom stereocenters. The van der Waals surface area contributed by atoms with Gasteiger partial charge in [-0.1, -0.05) is 13.3 Å². The first-order valence-electron chi connectivity index (χ1n) is 8.10. The topological polar surface area (TPSA) is 97.1 Å². The Hall–Kier alpha value is -2.44. The van der Waals surface area contributed by atoms with Crippen molar-refractivity contribution in [2.75, 3.05) is 0 Å². The Morgan fingerprint density at radius 1 is 1.42 bits per heavy atom. The standard InChI is InChI=1S/C17H24N4O3/c1-6-7-17(5,16(23)24)20-15(22)12-8-11(4)19-14-13(12)9-18-21(14)10(2)3/h8-10H,6-7H2,1-5H3,(H,20,22)(H,23,24). The van der Waals surface area contributed by atoms with Crippen LogP contribution in [0.4, 0.5) is 0 Å². The van der Waals surface area contributed by atoms with Gasteiger partial charge in [0.1, 0.15) is 5.54 Å². The third-order valence-electron chi connectivity index (χ3n) is 4.04. The summed E-state index contributed by atoms with van der Waals surface area (Å²) in [6.07, 6.45) is 2.61. The molecule has 24 heavy (non-hydrogen) atoms. The molecule has 2 N–H and O–H groups in total. The maximum atomic E-state index is 12.7. The summed E-state index contributed by atoms with van der Waals surface area (Å²) in [5, 5.41) is 17.1. The van der Waals surface area contributed by atoms with E-state index in [0.717, 1.165) is 0 Å². The number of hydrogen-bond donors (Lipinski definition) is 2. The summed E-state index contributed by atoms with van der Waals surface area (Å²) in [6, 6.07) is 1.77. The molecule has 0 fully saturated rings. The van der Waals surface area contributed by atoms with E-state index in [1.165, 1.54) is 6.92 Å². The van der Waals surface area contributed by atoms with Gasteiger partial charge in [-0.2, -0.15) is 5.10 Å². The highest BCUT2D eigenvalue weighted by Crippen LogP contribution is 2.22. The lowest BCUT2D eigenvalue weighted by Crippen LogP contribution is -2.52. The largest absolute Gasteiger partial charge is 0.480 e. The molecule has 2 aromatic rings. The Balaban J connectivity index is 2.48. The number of aryl methyl sites for hydroxylation is 1. The van der Waals surface area contributed by atoms with Crippen LogP contribution in [0.1, 0.15) is 62.6 Å². The molecule has 0 aliphatic carbocycles. The Bertz CT molecular complexity index is 781. The number of nitrogens with zero attached hydrogens (tertiary/aromatic N) is 3. The predicted molar refractivity (Wildman–Crippen MR) is 91.1 cm³/mol. The Kier molecular flexibility index (Phi) is 4.91. The molecule has 2 rings (SSSR count). The number of aromatic nitrogens is 3. The van der Waals surface area contributed by atoms with Crippen LogP contribution < -0.4 is 5.32 Å². The minimum Gasteiger partial charge on any atom is -0.480 e. The number of hydrogen-bond acceptors (Lipinski definition) is 4. The second-order valence-corrected chi connectivity index (χ2v) is 6.57. The summed E-state index contributed by atoms with van der Waals surface area (Å²) in [5.41, 5.74) is 0.404. The van der Waals surface area contributed by atoms with Crippen LogP contribution in [-0.2, 0) is 4.79 Å². The fourth-order valence-electron chi connectivity index (χ4n) is 2.75. The molecule has 0 bridgehead atoms. The predicted octanol–water partition coefficient (Wildman–Crippen LogP) is 2.69. The molecule has 0 aromatic carbocycles. The minimum absolute atomic E-state index is 0.108.